The number of alkyl carbamates (subject to hydrolysis) is 1. The summed E-state index contributed by atoms with van der Waals surface area (Å²) in [6.45, 7) is 8.37. The van der Waals surface area contributed by atoms with Crippen LogP contribution in [0.4, 0.5) is 10.5 Å². The lowest BCUT2D eigenvalue weighted by molar-refractivity contribution is 0.0943. The minimum absolute atomic E-state index is 0.0405. The number of hydrogen-bond donors (Lipinski definition) is 2. The third-order valence-electron chi connectivity index (χ3n) is 9.72. The zero-order chi connectivity index (χ0) is 32.6. The molecule has 2 atom stereocenters. The molecule has 0 spiro atoms. The number of carbonyl (C=O) groups excluding carboxylic acids is 1. The molecule has 1 aromatic heterocycles. The van der Waals surface area contributed by atoms with Gasteiger partial charge in [0.25, 0.3) is 0 Å². The van der Waals surface area contributed by atoms with Gasteiger partial charge in [-0.25, -0.2) is 9.48 Å². The molecular weight excluding hydrogens is 588 g/mol. The third kappa shape index (κ3) is 8.39. The lowest BCUT2D eigenvalue weighted by atomic mass is 9.94. The maximum atomic E-state index is 13.3. The van der Waals surface area contributed by atoms with Crippen molar-refractivity contribution in [1.82, 2.24) is 25.2 Å². The number of carbonyl (C=O) groups is 1. The number of nitrogens with one attached hydrogen (secondary N) is 1. The molecule has 47 heavy (non-hydrogen) atoms. The van der Waals surface area contributed by atoms with E-state index in [2.05, 4.69) is 81.7 Å². The van der Waals surface area contributed by atoms with Gasteiger partial charge in [-0.05, 0) is 80.7 Å². The van der Waals surface area contributed by atoms with Crippen LogP contribution in [-0.2, 0) is 30.7 Å². The number of aliphatic hydroxyl groups is 1. The first-order chi connectivity index (χ1) is 23.0. The predicted octanol–water partition coefficient (Wildman–Crippen LogP) is 5.77. The number of anilines is 1. The van der Waals surface area contributed by atoms with Crippen LogP contribution in [0.2, 0.25) is 0 Å². The second-order valence-electron chi connectivity index (χ2n) is 13.1. The standard InChI is InChI=1S/C38H48N6O3/c1-28-17-18-29(2)35(23-28)43-21-19-42(20-22-43)26-34-37(27-45)44(41-40-34)36(25-31-13-7-4-8-14-31)33(24-30-11-5-3-6-12-30)39-38(46)47-32-15-9-10-16-32/h3-8,11-14,17-18,23,32-33,36,45H,9-10,15-16,19-22,24-27H2,1-2H3,(H,39,46)/t33-,36-/m0/s1. The van der Waals surface area contributed by atoms with E-state index in [0.29, 0.717) is 25.1 Å². The Morgan fingerprint density at radius 2 is 1.57 bits per heavy atom. The van der Waals surface area contributed by atoms with E-state index in [9.17, 15) is 9.90 Å². The van der Waals surface area contributed by atoms with Gasteiger partial charge in [0.05, 0.1) is 24.4 Å². The van der Waals surface area contributed by atoms with Crippen molar-refractivity contribution in [3.05, 3.63) is 113 Å². The van der Waals surface area contributed by atoms with Crippen LogP contribution in [0.1, 0.15) is 65.4 Å². The Kier molecular flexibility index (Phi) is 10.9. The van der Waals surface area contributed by atoms with Crippen molar-refractivity contribution in [2.45, 2.75) is 83.7 Å². The van der Waals surface area contributed by atoms with E-state index in [1.54, 1.807) is 0 Å². The van der Waals surface area contributed by atoms with Crippen LogP contribution in [0, 0.1) is 13.8 Å². The van der Waals surface area contributed by atoms with E-state index in [4.69, 9.17) is 4.74 Å². The number of aryl methyl sites for hydroxylation is 2. The summed E-state index contributed by atoms with van der Waals surface area (Å²) in [5, 5.41) is 23.4. The number of aromatic nitrogens is 3. The number of amides is 1. The Morgan fingerprint density at radius 1 is 0.915 bits per heavy atom. The summed E-state index contributed by atoms with van der Waals surface area (Å²) in [4.78, 5) is 18.2. The van der Waals surface area contributed by atoms with Gasteiger partial charge in [-0.2, -0.15) is 0 Å². The van der Waals surface area contributed by atoms with Gasteiger partial charge in [-0.3, -0.25) is 4.90 Å². The summed E-state index contributed by atoms with van der Waals surface area (Å²) in [6.07, 6.45) is 4.73. The molecule has 9 nitrogen and oxygen atoms in total. The smallest absolute Gasteiger partial charge is 0.407 e. The van der Waals surface area contributed by atoms with E-state index < -0.39 is 6.09 Å². The molecular formula is C38H48N6O3. The lowest BCUT2D eigenvalue weighted by Gasteiger charge is -2.36. The Bertz CT molecular complexity index is 1580. The minimum atomic E-state index is -0.400. The van der Waals surface area contributed by atoms with E-state index in [1.807, 2.05) is 41.1 Å². The normalized spacial score (nSPS) is 17.0. The van der Waals surface area contributed by atoms with Gasteiger partial charge >= 0.3 is 6.09 Å². The largest absolute Gasteiger partial charge is 0.446 e. The van der Waals surface area contributed by atoms with Gasteiger partial charge in [0.1, 0.15) is 11.8 Å². The second-order valence-corrected chi connectivity index (χ2v) is 13.1. The molecule has 2 N–H and O–H groups in total. The van der Waals surface area contributed by atoms with Crippen LogP contribution in [0.25, 0.3) is 0 Å². The molecule has 9 heteroatoms. The number of ether oxygens (including phenoxy) is 1. The fourth-order valence-electron chi connectivity index (χ4n) is 7.07. The monoisotopic (exact) mass is 636 g/mol. The first-order valence-electron chi connectivity index (χ1n) is 17.1. The van der Waals surface area contributed by atoms with E-state index >= 15 is 0 Å². The zero-order valence-electron chi connectivity index (χ0n) is 27.7. The Balaban J connectivity index is 1.24. The summed E-state index contributed by atoms with van der Waals surface area (Å²) in [7, 11) is 0. The summed E-state index contributed by atoms with van der Waals surface area (Å²) >= 11 is 0. The summed E-state index contributed by atoms with van der Waals surface area (Å²) in [5.41, 5.74) is 7.55. The molecule has 1 saturated carbocycles. The SMILES string of the molecule is Cc1ccc(C)c(N2CCN(Cc3nnn([C@@H](Cc4ccccc4)[C@H](Cc4ccccc4)NC(=O)OC4CCCC4)c3CO)CC2)c1. The number of aliphatic hydroxyl groups excluding tert-OH is 1. The molecule has 2 heterocycles. The van der Waals surface area contributed by atoms with Gasteiger partial charge < -0.3 is 20.1 Å². The van der Waals surface area contributed by atoms with E-state index in [-0.39, 0.29) is 24.8 Å². The molecule has 0 bridgehead atoms. The Labute approximate surface area is 278 Å². The van der Waals surface area contributed by atoms with Gasteiger partial charge in [0.15, 0.2) is 0 Å². The summed E-state index contributed by atoms with van der Waals surface area (Å²) in [6, 6.07) is 26.4. The number of rotatable bonds is 12. The average molecular weight is 637 g/mol. The molecule has 2 fully saturated rings. The van der Waals surface area contributed by atoms with Crippen LogP contribution in [0.3, 0.4) is 0 Å². The molecule has 2 aliphatic rings. The fraction of sp³-hybridized carbons (Fsp3) is 0.447. The van der Waals surface area contributed by atoms with Crippen molar-refractivity contribution in [3.8, 4) is 0 Å². The molecule has 6 rings (SSSR count). The number of benzene rings is 3. The highest BCUT2D eigenvalue weighted by Gasteiger charge is 2.32. The zero-order valence-corrected chi connectivity index (χ0v) is 27.7. The van der Waals surface area contributed by atoms with Crippen LogP contribution in [0.15, 0.2) is 78.9 Å². The van der Waals surface area contributed by atoms with E-state index in [0.717, 1.165) is 68.7 Å². The van der Waals surface area contributed by atoms with Gasteiger partial charge in [0, 0.05) is 38.4 Å². The number of piperazine rings is 1. The highest BCUT2D eigenvalue weighted by Crippen LogP contribution is 2.27. The number of hydrogen-bond acceptors (Lipinski definition) is 7. The van der Waals surface area contributed by atoms with E-state index in [1.165, 1.54) is 16.8 Å². The Morgan fingerprint density at radius 3 is 2.23 bits per heavy atom. The van der Waals surface area contributed by atoms with Crippen molar-refractivity contribution >= 4 is 11.8 Å². The third-order valence-corrected chi connectivity index (χ3v) is 9.72. The molecule has 4 aromatic rings. The van der Waals surface area contributed by atoms with Gasteiger partial charge in [-0.1, -0.05) is 78.0 Å². The first kappa shape index (κ1) is 32.7. The topological polar surface area (TPSA) is 95.8 Å². The Hall–Kier alpha value is -4.21. The van der Waals surface area contributed by atoms with Gasteiger partial charge in [0.2, 0.25) is 0 Å². The minimum Gasteiger partial charge on any atom is -0.446 e. The summed E-state index contributed by atoms with van der Waals surface area (Å²) in [5.74, 6) is 0. The second kappa shape index (κ2) is 15.6. The van der Waals surface area contributed by atoms with Crippen molar-refractivity contribution in [2.75, 3.05) is 31.1 Å². The maximum Gasteiger partial charge on any atom is 0.407 e. The highest BCUT2D eigenvalue weighted by molar-refractivity contribution is 5.68. The van der Waals surface area contributed by atoms with Gasteiger partial charge in [-0.15, -0.1) is 5.10 Å². The maximum absolute atomic E-state index is 13.3. The summed E-state index contributed by atoms with van der Waals surface area (Å²) < 4.78 is 7.74. The van der Waals surface area contributed by atoms with Crippen molar-refractivity contribution in [1.29, 1.82) is 0 Å². The van der Waals surface area contributed by atoms with Crippen molar-refractivity contribution in [3.63, 3.8) is 0 Å². The fourth-order valence-corrected chi connectivity index (χ4v) is 7.07. The first-order valence-corrected chi connectivity index (χ1v) is 17.1. The predicted molar refractivity (Wildman–Crippen MR) is 184 cm³/mol. The molecule has 0 unspecified atom stereocenters. The average Bonchev–Trinajstić information content (AvgIpc) is 3.75. The quantitative estimate of drug-likeness (QED) is 0.204. The van der Waals surface area contributed by atoms with Crippen LogP contribution < -0.4 is 10.2 Å². The molecule has 1 aliphatic carbocycles. The van der Waals surface area contributed by atoms with Crippen LogP contribution in [0.5, 0.6) is 0 Å². The molecule has 1 amide bonds. The highest BCUT2D eigenvalue weighted by atomic mass is 16.6. The van der Waals surface area contributed by atoms with Crippen LogP contribution in [-0.4, -0.2) is 69.4 Å². The van der Waals surface area contributed by atoms with Crippen molar-refractivity contribution < 1.29 is 14.6 Å². The van der Waals surface area contributed by atoms with Crippen molar-refractivity contribution in [2.24, 2.45) is 0 Å². The molecule has 248 valence electrons. The van der Waals surface area contributed by atoms with Crippen LogP contribution >= 0.6 is 0 Å². The molecule has 1 saturated heterocycles. The molecule has 3 aromatic carbocycles. The molecule has 1 aliphatic heterocycles. The number of nitrogens with zero attached hydrogens (tertiary/aromatic N) is 5. The molecule has 0 radical (unpaired) electrons. The lowest BCUT2D eigenvalue weighted by Crippen LogP contribution is -2.46.